The maximum Gasteiger partial charge on any atom is 0.260 e. The molecule has 5 rings (SSSR count). The van der Waals surface area contributed by atoms with E-state index < -0.39 is 0 Å². The number of carbonyl (C=O) groups excluding carboxylic acids is 2. The zero-order valence-corrected chi connectivity index (χ0v) is 22.2. The number of likely N-dealkylation sites (tertiary alicyclic amines) is 1. The lowest BCUT2D eigenvalue weighted by Gasteiger charge is -2.23. The van der Waals surface area contributed by atoms with E-state index in [1.54, 1.807) is 30.3 Å². The van der Waals surface area contributed by atoms with Crippen molar-refractivity contribution in [2.24, 2.45) is 0 Å². The van der Waals surface area contributed by atoms with Gasteiger partial charge in [-0.3, -0.25) is 9.59 Å². The molecule has 3 aromatic rings. The first kappa shape index (κ1) is 26.5. The van der Waals surface area contributed by atoms with Crippen LogP contribution in [0.15, 0.2) is 54.7 Å². The molecule has 196 valence electrons. The number of rotatable bonds is 5. The van der Waals surface area contributed by atoms with Gasteiger partial charge in [-0.2, -0.15) is 5.26 Å². The molecule has 1 fully saturated rings. The Balaban J connectivity index is 0.00000107. The first-order valence-electron chi connectivity index (χ1n) is 12.6. The average Bonchev–Trinajstić information content (AvgIpc) is 3.46. The normalized spacial score (nSPS) is 14.0. The summed E-state index contributed by atoms with van der Waals surface area (Å²) in [6, 6.07) is 16.7. The second-order valence-corrected chi connectivity index (χ2v) is 8.99. The van der Waals surface area contributed by atoms with E-state index in [1.807, 2.05) is 66.2 Å². The molecule has 2 aromatic carbocycles. The number of aromatic nitrogens is 1. The van der Waals surface area contributed by atoms with Crippen LogP contribution in [0, 0.1) is 11.3 Å². The van der Waals surface area contributed by atoms with Crippen LogP contribution in [0.5, 0.6) is 5.75 Å². The summed E-state index contributed by atoms with van der Waals surface area (Å²) in [5.41, 5.74) is 4.38. The highest BCUT2D eigenvalue weighted by Crippen LogP contribution is 2.40. The van der Waals surface area contributed by atoms with Crippen molar-refractivity contribution in [1.29, 1.82) is 5.26 Å². The summed E-state index contributed by atoms with van der Waals surface area (Å²) in [5.74, 6) is 1.16. The van der Waals surface area contributed by atoms with Gasteiger partial charge in [-0.15, -0.1) is 0 Å². The molecule has 3 heterocycles. The van der Waals surface area contributed by atoms with E-state index in [4.69, 9.17) is 10.00 Å². The number of hydrogen-bond acceptors (Lipinski definition) is 7. The lowest BCUT2D eigenvalue weighted by molar-refractivity contribution is 0.0792. The van der Waals surface area contributed by atoms with Gasteiger partial charge in [0.15, 0.2) is 0 Å². The second-order valence-electron chi connectivity index (χ2n) is 8.99. The fourth-order valence-electron chi connectivity index (χ4n) is 4.67. The first-order chi connectivity index (χ1) is 18.4. The standard InChI is InChI=1S/C27H29N5O3.C2H3N/c1-4-35-24-15-18(26(33)32-13-7-8-14-32)11-12-20(24)29-25-16-22-23(17-28-25)31(3)27(34)19-9-5-6-10-21(19)30(22)2;1-2-3/h5-6,9-12,15-17H,4,7-8,13-14H2,1-3H3,(H,28,29);1H3. The average molecular weight is 513 g/mol. The lowest BCUT2D eigenvalue weighted by Crippen LogP contribution is -2.27. The minimum absolute atomic E-state index is 0.0335. The minimum Gasteiger partial charge on any atom is -0.492 e. The Morgan fingerprint density at radius 1 is 1.05 bits per heavy atom. The maximum atomic E-state index is 13.0. The monoisotopic (exact) mass is 512 g/mol. The number of nitriles is 1. The Morgan fingerprint density at radius 3 is 2.47 bits per heavy atom. The van der Waals surface area contributed by atoms with Gasteiger partial charge < -0.3 is 24.8 Å². The highest BCUT2D eigenvalue weighted by atomic mass is 16.5. The van der Waals surface area contributed by atoms with Gasteiger partial charge >= 0.3 is 0 Å². The van der Waals surface area contributed by atoms with Crippen molar-refractivity contribution in [3.8, 4) is 11.8 Å². The summed E-state index contributed by atoms with van der Waals surface area (Å²) in [6.07, 6.45) is 3.80. The van der Waals surface area contributed by atoms with Crippen LogP contribution in [0.3, 0.4) is 0 Å². The van der Waals surface area contributed by atoms with Crippen LogP contribution in [0.4, 0.5) is 28.6 Å². The van der Waals surface area contributed by atoms with Gasteiger partial charge in [0.05, 0.1) is 47.2 Å². The Kier molecular flexibility index (Phi) is 8.12. The van der Waals surface area contributed by atoms with Crippen molar-refractivity contribution >= 4 is 40.4 Å². The van der Waals surface area contributed by atoms with Crippen LogP contribution in [-0.4, -0.2) is 55.5 Å². The molecule has 0 aliphatic carbocycles. The molecule has 38 heavy (non-hydrogen) atoms. The number of benzene rings is 2. The Hall–Kier alpha value is -4.58. The van der Waals surface area contributed by atoms with Gasteiger partial charge in [-0.1, -0.05) is 12.1 Å². The Bertz CT molecular complexity index is 1380. The van der Waals surface area contributed by atoms with Gasteiger partial charge in [-0.25, -0.2) is 4.98 Å². The van der Waals surface area contributed by atoms with Crippen LogP contribution in [0.2, 0.25) is 0 Å². The number of nitrogens with one attached hydrogen (secondary N) is 1. The molecule has 0 bridgehead atoms. The molecular formula is C29H32N6O3. The number of amides is 2. The van der Waals surface area contributed by atoms with Crippen LogP contribution in [-0.2, 0) is 0 Å². The van der Waals surface area contributed by atoms with Crippen molar-refractivity contribution < 1.29 is 14.3 Å². The van der Waals surface area contributed by atoms with Gasteiger partial charge in [0.1, 0.15) is 11.6 Å². The number of pyridine rings is 1. The highest BCUT2D eigenvalue weighted by Gasteiger charge is 2.28. The molecule has 2 amide bonds. The van der Waals surface area contributed by atoms with Crippen molar-refractivity contribution in [3.63, 3.8) is 0 Å². The number of hydrogen-bond donors (Lipinski definition) is 1. The van der Waals surface area contributed by atoms with E-state index in [9.17, 15) is 9.59 Å². The van der Waals surface area contributed by atoms with Crippen molar-refractivity contribution in [2.45, 2.75) is 26.7 Å². The SMILES string of the molecule is CC#N.CCOc1cc(C(=O)N2CCCC2)ccc1Nc1cc2c(cn1)N(C)C(=O)c1ccccc1N2C. The van der Waals surface area contributed by atoms with E-state index in [-0.39, 0.29) is 11.8 Å². The highest BCUT2D eigenvalue weighted by molar-refractivity contribution is 6.13. The van der Waals surface area contributed by atoms with E-state index in [1.165, 1.54) is 6.92 Å². The lowest BCUT2D eigenvalue weighted by atomic mass is 10.1. The molecule has 9 heteroatoms. The smallest absolute Gasteiger partial charge is 0.260 e. The molecule has 0 unspecified atom stereocenters. The summed E-state index contributed by atoms with van der Waals surface area (Å²) < 4.78 is 5.87. The summed E-state index contributed by atoms with van der Waals surface area (Å²) in [6.45, 7) is 5.42. The molecule has 0 saturated carbocycles. The van der Waals surface area contributed by atoms with Crippen LogP contribution >= 0.6 is 0 Å². The fourth-order valence-corrected chi connectivity index (χ4v) is 4.67. The largest absolute Gasteiger partial charge is 0.492 e. The predicted octanol–water partition coefficient (Wildman–Crippen LogP) is 5.35. The third-order valence-corrected chi connectivity index (χ3v) is 6.57. The zero-order chi connectivity index (χ0) is 27.2. The number of nitrogens with zero attached hydrogens (tertiary/aromatic N) is 5. The van der Waals surface area contributed by atoms with E-state index >= 15 is 0 Å². The first-order valence-corrected chi connectivity index (χ1v) is 12.6. The molecule has 1 saturated heterocycles. The Labute approximate surface area is 223 Å². The number of para-hydroxylation sites is 1. The molecule has 2 aliphatic heterocycles. The van der Waals surface area contributed by atoms with E-state index in [2.05, 4.69) is 10.3 Å². The fraction of sp³-hybridized carbons (Fsp3) is 0.310. The van der Waals surface area contributed by atoms with Crippen LogP contribution in [0.25, 0.3) is 0 Å². The Morgan fingerprint density at radius 2 is 1.76 bits per heavy atom. The third kappa shape index (κ3) is 5.25. The van der Waals surface area contributed by atoms with E-state index in [0.29, 0.717) is 29.3 Å². The molecule has 1 N–H and O–H groups in total. The number of fused-ring (bicyclic) bond motifs is 2. The molecule has 0 spiro atoms. The van der Waals surface area contributed by atoms with Gasteiger partial charge in [0, 0.05) is 45.7 Å². The van der Waals surface area contributed by atoms with Crippen molar-refractivity contribution in [1.82, 2.24) is 9.88 Å². The third-order valence-electron chi connectivity index (χ3n) is 6.57. The second kappa shape index (κ2) is 11.6. The quantitative estimate of drug-likeness (QED) is 0.492. The summed E-state index contributed by atoms with van der Waals surface area (Å²) in [7, 11) is 3.70. The summed E-state index contributed by atoms with van der Waals surface area (Å²) >= 11 is 0. The predicted molar refractivity (Wildman–Crippen MR) is 149 cm³/mol. The minimum atomic E-state index is -0.0781. The van der Waals surface area contributed by atoms with Crippen LogP contribution in [0.1, 0.15) is 47.4 Å². The van der Waals surface area contributed by atoms with Crippen molar-refractivity contribution in [2.75, 3.05) is 48.9 Å². The zero-order valence-electron chi connectivity index (χ0n) is 22.2. The topological polar surface area (TPSA) is 102 Å². The summed E-state index contributed by atoms with van der Waals surface area (Å²) in [5, 5.41) is 10.7. The summed E-state index contributed by atoms with van der Waals surface area (Å²) in [4.78, 5) is 36.0. The number of carbonyl (C=O) groups is 2. The molecule has 1 aromatic heterocycles. The number of anilines is 5. The maximum absolute atomic E-state index is 13.0. The van der Waals surface area contributed by atoms with Gasteiger partial charge in [0.25, 0.3) is 11.8 Å². The van der Waals surface area contributed by atoms with Gasteiger partial charge in [-0.05, 0) is 50.1 Å². The molecular weight excluding hydrogens is 480 g/mol. The molecule has 0 atom stereocenters. The van der Waals surface area contributed by atoms with Crippen LogP contribution < -0.4 is 19.9 Å². The number of ether oxygens (including phenoxy) is 1. The van der Waals surface area contributed by atoms with Crippen molar-refractivity contribution in [3.05, 3.63) is 65.9 Å². The molecule has 2 aliphatic rings. The molecule has 0 radical (unpaired) electrons. The molecule has 9 nitrogen and oxygen atoms in total. The van der Waals surface area contributed by atoms with E-state index in [0.717, 1.165) is 48.7 Å². The van der Waals surface area contributed by atoms with Gasteiger partial charge in [0.2, 0.25) is 0 Å².